The molecule has 0 radical (unpaired) electrons. The van der Waals surface area contributed by atoms with Crippen LogP contribution in [0.15, 0.2) is 39.9 Å². The van der Waals surface area contributed by atoms with Gasteiger partial charge in [-0.05, 0) is 19.4 Å². The molecule has 0 spiro atoms. The molecule has 0 heterocycles. The summed E-state index contributed by atoms with van der Waals surface area (Å²) in [5.41, 5.74) is 2.88. The normalized spacial score (nSPS) is 12.4. The number of benzene rings is 1. The molecule has 102 valence electrons. The topological polar surface area (TPSA) is 64.7 Å². The van der Waals surface area contributed by atoms with E-state index in [0.717, 1.165) is 16.8 Å². The van der Waals surface area contributed by atoms with E-state index in [1.165, 1.54) is 0 Å². The monoisotopic (exact) mass is 280 g/mol. The minimum absolute atomic E-state index is 0.0108. The summed E-state index contributed by atoms with van der Waals surface area (Å²) in [4.78, 5) is 19.2. The Morgan fingerprint density at radius 3 is 2.95 bits per heavy atom. The van der Waals surface area contributed by atoms with Crippen molar-refractivity contribution in [2.24, 2.45) is 4.99 Å². The Bertz CT molecular complexity index is 512. The molecular formula is C13H16N2O3S. The molecule has 1 aromatic rings. The van der Waals surface area contributed by atoms with Gasteiger partial charge in [-0.3, -0.25) is 4.99 Å². The molecule has 6 heteroatoms. The van der Waals surface area contributed by atoms with Gasteiger partial charge in [-0.1, -0.05) is 29.8 Å². The van der Waals surface area contributed by atoms with Crippen LogP contribution in [0.25, 0.3) is 0 Å². The SMILES string of the molecule is C/C(N=Cc1cccc(C)c1)=C(/S)CCO[N+](=O)[O-]. The van der Waals surface area contributed by atoms with Gasteiger partial charge in [0, 0.05) is 23.2 Å². The highest BCUT2D eigenvalue weighted by Crippen LogP contribution is 2.14. The van der Waals surface area contributed by atoms with Crippen molar-refractivity contribution in [2.75, 3.05) is 6.61 Å². The van der Waals surface area contributed by atoms with Gasteiger partial charge in [0.15, 0.2) is 0 Å². The fraction of sp³-hybridized carbons (Fsp3) is 0.308. The smallest absolute Gasteiger partial charge is 0.294 e. The van der Waals surface area contributed by atoms with Crippen molar-refractivity contribution in [3.8, 4) is 0 Å². The van der Waals surface area contributed by atoms with Crippen molar-refractivity contribution in [3.05, 3.63) is 56.1 Å². The van der Waals surface area contributed by atoms with Gasteiger partial charge in [-0.25, -0.2) is 0 Å². The van der Waals surface area contributed by atoms with Crippen LogP contribution in [0.5, 0.6) is 0 Å². The third-order valence-corrected chi connectivity index (χ3v) is 2.95. The first kappa shape index (κ1) is 15.2. The Hall–Kier alpha value is -1.82. The lowest BCUT2D eigenvalue weighted by Crippen LogP contribution is -2.02. The van der Waals surface area contributed by atoms with Crippen LogP contribution in [-0.2, 0) is 4.84 Å². The standard InChI is InChI=1S/C13H16N2O3S/c1-10-4-3-5-12(8-10)9-14-11(2)13(19)6-7-18-15(16)17/h3-5,8-9,19H,6-7H2,1-2H3/b13-11-,14-9?. The van der Waals surface area contributed by atoms with Crippen LogP contribution in [0.3, 0.4) is 0 Å². The average molecular weight is 280 g/mol. The van der Waals surface area contributed by atoms with Gasteiger partial charge in [-0.2, -0.15) is 0 Å². The molecule has 0 amide bonds. The number of aryl methyl sites for hydroxylation is 1. The molecule has 5 nitrogen and oxygen atoms in total. The van der Waals surface area contributed by atoms with Crippen LogP contribution in [0.1, 0.15) is 24.5 Å². The Labute approximate surface area is 117 Å². The number of thiol groups is 1. The molecule has 0 unspecified atom stereocenters. The van der Waals surface area contributed by atoms with E-state index in [-0.39, 0.29) is 6.61 Å². The molecule has 0 aliphatic rings. The largest absolute Gasteiger partial charge is 0.314 e. The highest BCUT2D eigenvalue weighted by molar-refractivity contribution is 7.84. The minimum Gasteiger partial charge on any atom is -0.314 e. The zero-order valence-corrected chi connectivity index (χ0v) is 11.8. The molecule has 0 N–H and O–H groups in total. The summed E-state index contributed by atoms with van der Waals surface area (Å²) in [6.45, 7) is 3.81. The first-order chi connectivity index (χ1) is 8.99. The fourth-order valence-corrected chi connectivity index (χ4v) is 1.54. The second-order valence-corrected chi connectivity index (χ2v) is 4.55. The maximum absolute atomic E-state index is 10.0. The lowest BCUT2D eigenvalue weighted by atomic mass is 10.1. The summed E-state index contributed by atoms with van der Waals surface area (Å²) < 4.78 is 0. The maximum atomic E-state index is 10.0. The predicted octanol–water partition coefficient (Wildman–Crippen LogP) is 3.17. The Balaban J connectivity index is 2.61. The van der Waals surface area contributed by atoms with Crippen LogP contribution >= 0.6 is 12.6 Å². The lowest BCUT2D eigenvalue weighted by molar-refractivity contribution is -0.757. The van der Waals surface area contributed by atoms with Gasteiger partial charge < -0.3 is 4.84 Å². The number of hydrogen-bond donors (Lipinski definition) is 1. The summed E-state index contributed by atoms with van der Waals surface area (Å²) >= 11 is 4.26. The lowest BCUT2D eigenvalue weighted by Gasteiger charge is -2.02. The molecule has 0 bridgehead atoms. The zero-order valence-electron chi connectivity index (χ0n) is 10.9. The minimum atomic E-state index is -0.813. The van der Waals surface area contributed by atoms with E-state index in [9.17, 15) is 10.1 Å². The molecular weight excluding hydrogens is 264 g/mol. The van der Waals surface area contributed by atoms with Crippen molar-refractivity contribution in [3.63, 3.8) is 0 Å². The number of rotatable bonds is 6. The van der Waals surface area contributed by atoms with Crippen molar-refractivity contribution in [1.29, 1.82) is 0 Å². The molecule has 0 atom stereocenters. The van der Waals surface area contributed by atoms with Crippen LogP contribution in [0, 0.1) is 17.0 Å². The van der Waals surface area contributed by atoms with E-state index < -0.39 is 5.09 Å². The van der Waals surface area contributed by atoms with Gasteiger partial charge in [0.1, 0.15) is 6.61 Å². The molecule has 0 fully saturated rings. The van der Waals surface area contributed by atoms with Crippen LogP contribution in [-0.4, -0.2) is 17.9 Å². The van der Waals surface area contributed by atoms with Crippen LogP contribution in [0.4, 0.5) is 0 Å². The molecule has 19 heavy (non-hydrogen) atoms. The third kappa shape index (κ3) is 6.05. The third-order valence-electron chi connectivity index (χ3n) is 2.40. The number of hydrogen-bond acceptors (Lipinski definition) is 5. The highest BCUT2D eigenvalue weighted by Gasteiger charge is 2.00. The quantitative estimate of drug-likeness (QED) is 0.377. The molecule has 0 aromatic heterocycles. The summed E-state index contributed by atoms with van der Waals surface area (Å²) in [7, 11) is 0. The van der Waals surface area contributed by atoms with E-state index >= 15 is 0 Å². The summed E-state index contributed by atoms with van der Waals surface area (Å²) in [5, 5.41) is 9.19. The molecule has 0 saturated carbocycles. The Morgan fingerprint density at radius 1 is 1.58 bits per heavy atom. The number of aliphatic imine (C=N–C) groups is 1. The first-order valence-electron chi connectivity index (χ1n) is 5.76. The second kappa shape index (κ2) is 7.58. The predicted molar refractivity (Wildman–Crippen MR) is 78.0 cm³/mol. The summed E-state index contributed by atoms with van der Waals surface area (Å²) in [6.07, 6.45) is 2.11. The van der Waals surface area contributed by atoms with E-state index in [1.54, 1.807) is 13.1 Å². The zero-order chi connectivity index (χ0) is 14.3. The van der Waals surface area contributed by atoms with E-state index in [2.05, 4.69) is 22.5 Å². The van der Waals surface area contributed by atoms with Gasteiger partial charge in [0.2, 0.25) is 0 Å². The van der Waals surface area contributed by atoms with Gasteiger partial charge >= 0.3 is 0 Å². The molecule has 0 aliphatic carbocycles. The van der Waals surface area contributed by atoms with E-state index in [1.807, 2.05) is 31.2 Å². The first-order valence-corrected chi connectivity index (χ1v) is 6.20. The highest BCUT2D eigenvalue weighted by atomic mass is 32.1. The van der Waals surface area contributed by atoms with Crippen LogP contribution < -0.4 is 0 Å². The average Bonchev–Trinajstić information content (AvgIpc) is 2.35. The van der Waals surface area contributed by atoms with Crippen LogP contribution in [0.2, 0.25) is 0 Å². The number of allylic oxidation sites excluding steroid dienone is 1. The fourth-order valence-electron chi connectivity index (χ4n) is 1.39. The van der Waals surface area contributed by atoms with Gasteiger partial charge in [0.05, 0.1) is 0 Å². The Morgan fingerprint density at radius 2 is 2.32 bits per heavy atom. The van der Waals surface area contributed by atoms with Crippen molar-refractivity contribution < 1.29 is 9.92 Å². The van der Waals surface area contributed by atoms with E-state index in [0.29, 0.717) is 11.3 Å². The molecule has 1 aromatic carbocycles. The summed E-state index contributed by atoms with van der Waals surface area (Å²) in [5.74, 6) is 0. The van der Waals surface area contributed by atoms with Gasteiger partial charge in [-0.15, -0.1) is 22.7 Å². The van der Waals surface area contributed by atoms with E-state index in [4.69, 9.17) is 0 Å². The van der Waals surface area contributed by atoms with Crippen molar-refractivity contribution in [1.82, 2.24) is 0 Å². The summed E-state index contributed by atoms with van der Waals surface area (Å²) in [6, 6.07) is 7.95. The molecule has 0 saturated heterocycles. The Kier molecular flexibility index (Phi) is 6.08. The molecule has 0 aliphatic heterocycles. The van der Waals surface area contributed by atoms with Gasteiger partial charge in [0.25, 0.3) is 5.09 Å². The number of nitrogens with zero attached hydrogens (tertiary/aromatic N) is 2. The molecule has 1 rings (SSSR count). The maximum Gasteiger partial charge on any atom is 0.294 e. The van der Waals surface area contributed by atoms with Crippen molar-refractivity contribution in [2.45, 2.75) is 20.3 Å². The second-order valence-electron chi connectivity index (χ2n) is 4.01. The van der Waals surface area contributed by atoms with Crippen molar-refractivity contribution >= 4 is 18.8 Å².